The average molecular weight is 463 g/mol. The number of carbonyl (C=O) groups is 2. The smallest absolute Gasteiger partial charge is 0.337 e. The molecule has 1 aromatic rings. The minimum atomic E-state index is -0.474. The molecule has 0 unspecified atom stereocenters. The maximum atomic E-state index is 12.3. The zero-order chi connectivity index (χ0) is 23.4. The van der Waals surface area contributed by atoms with Crippen molar-refractivity contribution < 1.29 is 14.3 Å². The Hall–Kier alpha value is -1.95. The second-order valence-corrected chi connectivity index (χ2v) is 8.79. The fraction of sp³-hybridized carbons (Fsp3) is 0.654. The Balaban J connectivity index is 2.00. The number of nitrogens with one attached hydrogen (secondary N) is 2. The van der Waals surface area contributed by atoms with Crippen LogP contribution in [0.4, 0.5) is 0 Å². The number of ether oxygens (including phenoxy) is 1. The molecule has 0 radical (unpaired) electrons. The van der Waals surface area contributed by atoms with Crippen molar-refractivity contribution in [3.8, 4) is 0 Å². The van der Waals surface area contributed by atoms with Gasteiger partial charge in [-0.05, 0) is 36.8 Å². The van der Waals surface area contributed by atoms with E-state index in [1.165, 1.54) is 96.6 Å². The van der Waals surface area contributed by atoms with Crippen LogP contribution in [0.2, 0.25) is 0 Å². The van der Waals surface area contributed by atoms with Crippen molar-refractivity contribution in [2.45, 2.75) is 96.8 Å². The zero-order valence-electron chi connectivity index (χ0n) is 20.0. The van der Waals surface area contributed by atoms with Gasteiger partial charge >= 0.3 is 5.97 Å². The molecule has 0 bridgehead atoms. The number of rotatable bonds is 17. The summed E-state index contributed by atoms with van der Waals surface area (Å²) in [6.45, 7) is 3.02. The van der Waals surface area contributed by atoms with Gasteiger partial charge in [-0.3, -0.25) is 10.1 Å². The van der Waals surface area contributed by atoms with E-state index in [9.17, 15) is 9.59 Å². The number of amides is 1. The molecule has 1 amide bonds. The Kier molecular flexibility index (Phi) is 16.3. The molecule has 0 heterocycles. The van der Waals surface area contributed by atoms with E-state index in [0.717, 1.165) is 13.0 Å². The number of benzene rings is 1. The van der Waals surface area contributed by atoms with Crippen LogP contribution in [0.1, 0.15) is 118 Å². The summed E-state index contributed by atoms with van der Waals surface area (Å²) in [5.74, 6) is -0.813. The summed E-state index contributed by atoms with van der Waals surface area (Å²) in [5.41, 5.74) is 0.704. The summed E-state index contributed by atoms with van der Waals surface area (Å²) in [5, 5.41) is 6.06. The minimum Gasteiger partial charge on any atom is -0.465 e. The van der Waals surface area contributed by atoms with Crippen LogP contribution in [0.5, 0.6) is 0 Å². The van der Waals surface area contributed by atoms with Gasteiger partial charge in [0, 0.05) is 12.1 Å². The van der Waals surface area contributed by atoms with E-state index in [1.807, 2.05) is 0 Å². The molecule has 0 saturated heterocycles. The standard InChI is InChI=1S/C26H42N2O3S/c1-3-4-5-6-7-8-9-10-11-12-13-14-15-16-20-27-26(32)28-24(29)22-18-17-19-23(21-22)25(30)31-2/h17-19,21H,3-16,20H2,1-2H3,(H2,27,28,29,32). The number of thiocarbonyl (C=S) groups is 1. The Morgan fingerprint density at radius 2 is 1.31 bits per heavy atom. The van der Waals surface area contributed by atoms with Gasteiger partial charge < -0.3 is 10.1 Å². The molecule has 1 aromatic carbocycles. The SMILES string of the molecule is CCCCCCCCCCCCCCCCNC(=S)NC(=O)c1cccc(C(=O)OC)c1. The lowest BCUT2D eigenvalue weighted by Gasteiger charge is -2.10. The highest BCUT2D eigenvalue weighted by Gasteiger charge is 2.11. The monoisotopic (exact) mass is 462 g/mol. The molecule has 1 rings (SSSR count). The summed E-state index contributed by atoms with van der Waals surface area (Å²) in [6.07, 6.45) is 18.6. The maximum absolute atomic E-state index is 12.3. The summed E-state index contributed by atoms with van der Waals surface area (Å²) in [4.78, 5) is 23.9. The van der Waals surface area contributed by atoms with E-state index < -0.39 is 5.97 Å². The van der Waals surface area contributed by atoms with E-state index >= 15 is 0 Å². The van der Waals surface area contributed by atoms with Gasteiger partial charge in [-0.25, -0.2) is 4.79 Å². The van der Waals surface area contributed by atoms with Crippen molar-refractivity contribution in [3.05, 3.63) is 35.4 Å². The zero-order valence-corrected chi connectivity index (χ0v) is 20.9. The van der Waals surface area contributed by atoms with Gasteiger partial charge in [-0.15, -0.1) is 0 Å². The quantitative estimate of drug-likeness (QED) is 0.156. The first-order valence-electron chi connectivity index (χ1n) is 12.4. The molecule has 0 aliphatic rings. The third-order valence-corrected chi connectivity index (χ3v) is 5.84. The molecule has 0 aromatic heterocycles. The first-order valence-corrected chi connectivity index (χ1v) is 12.8. The van der Waals surface area contributed by atoms with Crippen LogP contribution in [0.3, 0.4) is 0 Å². The van der Waals surface area contributed by atoms with Crippen LogP contribution in [0.15, 0.2) is 24.3 Å². The molecule has 0 spiro atoms. The molecule has 32 heavy (non-hydrogen) atoms. The number of methoxy groups -OCH3 is 1. The summed E-state index contributed by atoms with van der Waals surface area (Å²) in [6, 6.07) is 6.39. The highest BCUT2D eigenvalue weighted by Crippen LogP contribution is 2.13. The van der Waals surface area contributed by atoms with Crippen LogP contribution >= 0.6 is 12.2 Å². The van der Waals surface area contributed by atoms with E-state index in [1.54, 1.807) is 18.2 Å². The lowest BCUT2D eigenvalue weighted by Crippen LogP contribution is -2.39. The van der Waals surface area contributed by atoms with Crippen LogP contribution < -0.4 is 10.6 Å². The number of carbonyl (C=O) groups excluding carboxylic acids is 2. The van der Waals surface area contributed by atoms with Crippen molar-refractivity contribution in [1.29, 1.82) is 0 Å². The molecule has 0 aliphatic carbocycles. The van der Waals surface area contributed by atoms with E-state index in [4.69, 9.17) is 12.2 Å². The normalized spacial score (nSPS) is 10.6. The van der Waals surface area contributed by atoms with E-state index in [2.05, 4.69) is 22.3 Å². The predicted octanol–water partition coefficient (Wildman–Crippen LogP) is 6.56. The molecular formula is C26H42N2O3S. The van der Waals surface area contributed by atoms with Gasteiger partial charge in [0.2, 0.25) is 0 Å². The maximum Gasteiger partial charge on any atom is 0.337 e. The molecule has 2 N–H and O–H groups in total. The van der Waals surface area contributed by atoms with Crippen molar-refractivity contribution in [1.82, 2.24) is 10.6 Å². The Morgan fingerprint density at radius 3 is 1.84 bits per heavy atom. The molecule has 6 heteroatoms. The number of hydrogen-bond donors (Lipinski definition) is 2. The third kappa shape index (κ3) is 13.5. The Labute approximate surface area is 200 Å². The Morgan fingerprint density at radius 1 is 0.812 bits per heavy atom. The van der Waals surface area contributed by atoms with E-state index in [-0.39, 0.29) is 5.91 Å². The van der Waals surface area contributed by atoms with Crippen LogP contribution in [0, 0.1) is 0 Å². The fourth-order valence-electron chi connectivity index (χ4n) is 3.65. The first kappa shape index (κ1) is 28.1. The molecule has 0 saturated carbocycles. The summed E-state index contributed by atoms with van der Waals surface area (Å²) in [7, 11) is 1.31. The molecule has 5 nitrogen and oxygen atoms in total. The molecule has 0 fully saturated rings. The minimum absolute atomic E-state index is 0.313. The molecular weight excluding hydrogens is 420 g/mol. The van der Waals surface area contributed by atoms with Gasteiger partial charge in [0.05, 0.1) is 12.7 Å². The second-order valence-electron chi connectivity index (χ2n) is 8.38. The van der Waals surface area contributed by atoms with Crippen molar-refractivity contribution in [2.24, 2.45) is 0 Å². The Bertz CT molecular complexity index is 679. The van der Waals surface area contributed by atoms with Crippen molar-refractivity contribution >= 4 is 29.2 Å². The van der Waals surface area contributed by atoms with Gasteiger partial charge in [0.25, 0.3) is 5.91 Å². The number of unbranched alkanes of at least 4 members (excludes halogenated alkanes) is 13. The largest absolute Gasteiger partial charge is 0.465 e. The van der Waals surface area contributed by atoms with Gasteiger partial charge in [-0.1, -0.05) is 96.5 Å². The van der Waals surface area contributed by atoms with Gasteiger partial charge in [0.15, 0.2) is 5.11 Å². The topological polar surface area (TPSA) is 67.4 Å². The van der Waals surface area contributed by atoms with Crippen LogP contribution in [-0.2, 0) is 4.74 Å². The van der Waals surface area contributed by atoms with Gasteiger partial charge in [0.1, 0.15) is 0 Å². The highest BCUT2D eigenvalue weighted by molar-refractivity contribution is 7.80. The lowest BCUT2D eigenvalue weighted by molar-refractivity contribution is 0.0600. The van der Waals surface area contributed by atoms with Crippen LogP contribution in [-0.4, -0.2) is 30.6 Å². The fourth-order valence-corrected chi connectivity index (χ4v) is 3.84. The van der Waals surface area contributed by atoms with Crippen molar-refractivity contribution in [2.75, 3.05) is 13.7 Å². The van der Waals surface area contributed by atoms with Crippen LogP contribution in [0.25, 0.3) is 0 Å². The third-order valence-electron chi connectivity index (χ3n) is 5.59. The molecule has 0 atom stereocenters. The highest BCUT2D eigenvalue weighted by atomic mass is 32.1. The van der Waals surface area contributed by atoms with Gasteiger partial charge in [-0.2, -0.15) is 0 Å². The summed E-state index contributed by atoms with van der Waals surface area (Å²) < 4.78 is 4.68. The average Bonchev–Trinajstić information content (AvgIpc) is 2.81. The number of esters is 1. The molecule has 180 valence electrons. The lowest BCUT2D eigenvalue weighted by atomic mass is 10.0. The predicted molar refractivity (Wildman–Crippen MR) is 136 cm³/mol. The van der Waals surface area contributed by atoms with E-state index in [0.29, 0.717) is 16.2 Å². The number of hydrogen-bond acceptors (Lipinski definition) is 4. The summed E-state index contributed by atoms with van der Waals surface area (Å²) >= 11 is 5.20. The molecule has 0 aliphatic heterocycles. The second kappa shape index (κ2) is 18.6. The first-order chi connectivity index (χ1) is 15.6. The van der Waals surface area contributed by atoms with Crippen molar-refractivity contribution in [3.63, 3.8) is 0 Å².